The first-order valence-corrected chi connectivity index (χ1v) is 10.0. The predicted octanol–water partition coefficient (Wildman–Crippen LogP) is 4.92. The molecule has 0 aliphatic heterocycles. The van der Waals surface area contributed by atoms with Gasteiger partial charge in [0.1, 0.15) is 11.9 Å². The molecule has 1 amide bonds. The fourth-order valence-electron chi connectivity index (χ4n) is 2.91. The molecular formula is C20H18Cl3FN4O2. The van der Waals surface area contributed by atoms with Gasteiger partial charge in [0.15, 0.2) is 11.6 Å². The Morgan fingerprint density at radius 3 is 2.50 bits per heavy atom. The molecule has 30 heavy (non-hydrogen) atoms. The van der Waals surface area contributed by atoms with Crippen LogP contribution in [0.3, 0.4) is 0 Å². The minimum absolute atomic E-state index is 0.00230. The number of hydrogen-bond donors (Lipinski definition) is 1. The fourth-order valence-corrected chi connectivity index (χ4v) is 3.57. The van der Waals surface area contributed by atoms with E-state index < -0.39 is 11.9 Å². The predicted molar refractivity (Wildman–Crippen MR) is 114 cm³/mol. The van der Waals surface area contributed by atoms with Crippen molar-refractivity contribution < 1.29 is 13.9 Å². The lowest BCUT2D eigenvalue weighted by Crippen LogP contribution is -2.30. The Balaban J connectivity index is 2.13. The summed E-state index contributed by atoms with van der Waals surface area (Å²) in [5.41, 5.74) is 1.07. The molecular weight excluding hydrogens is 454 g/mol. The van der Waals surface area contributed by atoms with E-state index in [1.807, 2.05) is 0 Å². The molecule has 3 aromatic rings. The Morgan fingerprint density at radius 2 is 1.90 bits per heavy atom. The number of rotatable bonds is 7. The van der Waals surface area contributed by atoms with Gasteiger partial charge in [-0.25, -0.2) is 14.1 Å². The van der Waals surface area contributed by atoms with Gasteiger partial charge in [0.25, 0.3) is 0 Å². The van der Waals surface area contributed by atoms with Crippen LogP contribution in [0.15, 0.2) is 36.4 Å². The summed E-state index contributed by atoms with van der Waals surface area (Å²) >= 11 is 18.1. The normalized spacial score (nSPS) is 12.1. The van der Waals surface area contributed by atoms with Crippen LogP contribution in [0.4, 0.5) is 4.39 Å². The molecule has 1 heterocycles. The maximum absolute atomic E-state index is 14.0. The van der Waals surface area contributed by atoms with Crippen LogP contribution in [0.25, 0.3) is 11.4 Å². The van der Waals surface area contributed by atoms with Gasteiger partial charge in [-0.3, -0.25) is 4.79 Å². The maximum Gasteiger partial charge on any atom is 0.217 e. The highest BCUT2D eigenvalue weighted by molar-refractivity contribution is 6.34. The Kier molecular flexibility index (Phi) is 7.31. The molecule has 1 atom stereocenters. The molecule has 10 heteroatoms. The lowest BCUT2D eigenvalue weighted by Gasteiger charge is -2.19. The van der Waals surface area contributed by atoms with E-state index in [1.54, 1.807) is 36.1 Å². The number of ether oxygens (including phenoxy) is 1. The van der Waals surface area contributed by atoms with E-state index in [1.165, 1.54) is 19.1 Å². The minimum atomic E-state index is -0.686. The first-order chi connectivity index (χ1) is 14.3. The highest BCUT2D eigenvalue weighted by Crippen LogP contribution is 2.29. The SMILES string of the molecule is COCCn1nc(-c2ccc(Cl)c(F)c2)nc1C(NC(C)=O)c1cc(Cl)cc(Cl)c1. The Labute approximate surface area is 187 Å². The minimum Gasteiger partial charge on any atom is -0.383 e. The van der Waals surface area contributed by atoms with Crippen molar-refractivity contribution >= 4 is 40.7 Å². The number of amides is 1. The quantitative estimate of drug-likeness (QED) is 0.531. The largest absolute Gasteiger partial charge is 0.383 e. The third-order valence-electron chi connectivity index (χ3n) is 4.21. The molecule has 158 valence electrons. The summed E-state index contributed by atoms with van der Waals surface area (Å²) in [5.74, 6) is -0.161. The number of halogens is 4. The summed E-state index contributed by atoms with van der Waals surface area (Å²) in [6, 6.07) is 8.59. The summed E-state index contributed by atoms with van der Waals surface area (Å²) < 4.78 is 20.7. The van der Waals surface area contributed by atoms with Gasteiger partial charge in [0.2, 0.25) is 5.91 Å². The summed E-state index contributed by atoms with van der Waals surface area (Å²) in [6.45, 7) is 2.11. The lowest BCUT2D eigenvalue weighted by atomic mass is 10.1. The standard InChI is InChI=1S/C20H18Cl3FN4O2/c1-11(29)25-18(13-7-14(21)10-15(22)8-13)20-26-19(27-28(20)5-6-30-2)12-3-4-16(23)17(24)9-12/h3-4,7-10,18H,5-6H2,1-2H3,(H,25,29). The summed E-state index contributed by atoms with van der Waals surface area (Å²) in [4.78, 5) is 16.5. The van der Waals surface area contributed by atoms with Gasteiger partial charge in [0, 0.05) is 29.6 Å². The van der Waals surface area contributed by atoms with Crippen LogP contribution < -0.4 is 5.32 Å². The van der Waals surface area contributed by atoms with Crippen molar-refractivity contribution in [1.82, 2.24) is 20.1 Å². The molecule has 0 aliphatic rings. The van der Waals surface area contributed by atoms with Crippen molar-refractivity contribution in [3.05, 3.63) is 68.7 Å². The Bertz CT molecular complexity index is 1050. The number of nitrogens with one attached hydrogen (secondary N) is 1. The Morgan fingerprint density at radius 1 is 1.20 bits per heavy atom. The second-order valence-corrected chi connectivity index (χ2v) is 7.75. The molecule has 0 saturated heterocycles. The third kappa shape index (κ3) is 5.29. The molecule has 2 aromatic carbocycles. The van der Waals surface area contributed by atoms with Gasteiger partial charge in [0.05, 0.1) is 18.2 Å². The van der Waals surface area contributed by atoms with Crippen LogP contribution in [-0.4, -0.2) is 34.4 Å². The van der Waals surface area contributed by atoms with E-state index in [-0.39, 0.29) is 16.8 Å². The molecule has 3 rings (SSSR count). The van der Waals surface area contributed by atoms with Crippen LogP contribution >= 0.6 is 34.8 Å². The van der Waals surface area contributed by atoms with Crippen molar-refractivity contribution in [2.24, 2.45) is 0 Å². The van der Waals surface area contributed by atoms with Crippen molar-refractivity contribution in [3.63, 3.8) is 0 Å². The number of methoxy groups -OCH3 is 1. The lowest BCUT2D eigenvalue weighted by molar-refractivity contribution is -0.119. The number of carbonyl (C=O) groups is 1. The van der Waals surface area contributed by atoms with Gasteiger partial charge in [-0.2, -0.15) is 5.10 Å². The first-order valence-electron chi connectivity index (χ1n) is 8.90. The highest BCUT2D eigenvalue weighted by atomic mass is 35.5. The zero-order valence-corrected chi connectivity index (χ0v) is 18.4. The monoisotopic (exact) mass is 470 g/mol. The Hall–Kier alpha value is -2.19. The number of benzene rings is 2. The van der Waals surface area contributed by atoms with Gasteiger partial charge in [-0.1, -0.05) is 34.8 Å². The topological polar surface area (TPSA) is 69.0 Å². The van der Waals surface area contributed by atoms with Crippen LogP contribution in [0.1, 0.15) is 24.4 Å². The average Bonchev–Trinajstić information content (AvgIpc) is 3.09. The number of nitrogens with zero attached hydrogens (tertiary/aromatic N) is 3. The summed E-state index contributed by atoms with van der Waals surface area (Å²) in [5, 5.41) is 8.17. The molecule has 1 N–H and O–H groups in total. The highest BCUT2D eigenvalue weighted by Gasteiger charge is 2.24. The van der Waals surface area contributed by atoms with Gasteiger partial charge < -0.3 is 10.1 Å². The van der Waals surface area contributed by atoms with Gasteiger partial charge in [-0.15, -0.1) is 0 Å². The molecule has 6 nitrogen and oxygen atoms in total. The van der Waals surface area contributed by atoms with E-state index in [9.17, 15) is 9.18 Å². The second-order valence-electron chi connectivity index (χ2n) is 6.47. The van der Waals surface area contributed by atoms with E-state index in [4.69, 9.17) is 39.5 Å². The van der Waals surface area contributed by atoms with Crippen molar-refractivity contribution in [2.75, 3.05) is 13.7 Å². The molecule has 0 fully saturated rings. The molecule has 1 unspecified atom stereocenters. The van der Waals surface area contributed by atoms with Crippen LogP contribution in [0.5, 0.6) is 0 Å². The number of aromatic nitrogens is 3. The van der Waals surface area contributed by atoms with Crippen molar-refractivity contribution in [2.45, 2.75) is 19.5 Å². The summed E-state index contributed by atoms with van der Waals surface area (Å²) in [6.07, 6.45) is 0. The smallest absolute Gasteiger partial charge is 0.217 e. The molecule has 0 spiro atoms. The van der Waals surface area contributed by atoms with E-state index >= 15 is 0 Å². The molecule has 0 radical (unpaired) electrons. The van der Waals surface area contributed by atoms with Crippen LogP contribution in [-0.2, 0) is 16.1 Å². The van der Waals surface area contributed by atoms with Crippen molar-refractivity contribution in [3.8, 4) is 11.4 Å². The molecule has 0 aliphatic carbocycles. The van der Waals surface area contributed by atoms with E-state index in [0.717, 1.165) is 0 Å². The zero-order valence-electron chi connectivity index (χ0n) is 16.1. The van der Waals surface area contributed by atoms with Crippen LogP contribution in [0, 0.1) is 5.82 Å². The molecule has 0 saturated carbocycles. The zero-order chi connectivity index (χ0) is 21.8. The van der Waals surface area contributed by atoms with Gasteiger partial charge in [-0.05, 0) is 42.0 Å². The second kappa shape index (κ2) is 9.75. The molecule has 0 bridgehead atoms. The average molecular weight is 472 g/mol. The maximum atomic E-state index is 14.0. The first kappa shape index (κ1) is 22.5. The third-order valence-corrected chi connectivity index (χ3v) is 4.95. The number of hydrogen-bond acceptors (Lipinski definition) is 4. The van der Waals surface area contributed by atoms with Crippen LogP contribution in [0.2, 0.25) is 15.1 Å². The van der Waals surface area contributed by atoms with E-state index in [0.29, 0.717) is 40.1 Å². The summed E-state index contributed by atoms with van der Waals surface area (Å²) in [7, 11) is 1.56. The van der Waals surface area contributed by atoms with Crippen molar-refractivity contribution in [1.29, 1.82) is 0 Å². The number of carbonyl (C=O) groups excluding carboxylic acids is 1. The van der Waals surface area contributed by atoms with Gasteiger partial charge >= 0.3 is 0 Å². The fraction of sp³-hybridized carbons (Fsp3) is 0.250. The molecule has 1 aromatic heterocycles. The van der Waals surface area contributed by atoms with E-state index in [2.05, 4.69) is 15.4 Å².